The summed E-state index contributed by atoms with van der Waals surface area (Å²) in [5.41, 5.74) is 3.68. The van der Waals surface area contributed by atoms with Gasteiger partial charge in [-0.15, -0.1) is 0 Å². The van der Waals surface area contributed by atoms with Gasteiger partial charge in [0.25, 0.3) is 0 Å². The van der Waals surface area contributed by atoms with Gasteiger partial charge in [0.15, 0.2) is 0 Å². The maximum absolute atomic E-state index is 12.0. The average Bonchev–Trinajstić information content (AvgIpc) is 3.28. The van der Waals surface area contributed by atoms with E-state index in [0.717, 1.165) is 22.2 Å². The maximum Gasteiger partial charge on any atom is 0.246 e. The van der Waals surface area contributed by atoms with E-state index in [2.05, 4.69) is 20.4 Å². The zero-order chi connectivity index (χ0) is 17.9. The molecule has 0 aliphatic carbocycles. The molecule has 0 saturated carbocycles. The van der Waals surface area contributed by atoms with E-state index in [1.807, 2.05) is 60.1 Å². The molecule has 26 heavy (non-hydrogen) atoms. The molecule has 0 bridgehead atoms. The Morgan fingerprint density at radius 3 is 2.88 bits per heavy atom. The first-order chi connectivity index (χ1) is 12.7. The van der Waals surface area contributed by atoms with Crippen molar-refractivity contribution in [2.24, 2.45) is 7.05 Å². The van der Waals surface area contributed by atoms with Crippen LogP contribution in [0.1, 0.15) is 11.5 Å². The van der Waals surface area contributed by atoms with E-state index in [9.17, 15) is 4.79 Å². The van der Waals surface area contributed by atoms with Crippen molar-refractivity contribution in [1.82, 2.24) is 25.0 Å². The van der Waals surface area contributed by atoms with E-state index in [1.165, 1.54) is 0 Å². The molecule has 2 aromatic heterocycles. The predicted molar refractivity (Wildman–Crippen MR) is 96.0 cm³/mol. The fourth-order valence-electron chi connectivity index (χ4n) is 2.74. The zero-order valence-electron chi connectivity index (χ0n) is 14.2. The van der Waals surface area contributed by atoms with Gasteiger partial charge in [0.05, 0.1) is 30.3 Å². The number of carbonyl (C=O) groups excluding carboxylic acids is 1. The van der Waals surface area contributed by atoms with Crippen LogP contribution in [0.3, 0.4) is 0 Å². The second kappa shape index (κ2) is 6.79. The molecule has 0 unspecified atom stereocenters. The van der Waals surface area contributed by atoms with Gasteiger partial charge in [-0.25, -0.2) is 4.98 Å². The highest BCUT2D eigenvalue weighted by Crippen LogP contribution is 2.21. The minimum atomic E-state index is -0.0918. The van der Waals surface area contributed by atoms with Crippen LogP contribution in [-0.4, -0.2) is 25.6 Å². The summed E-state index contributed by atoms with van der Waals surface area (Å²) in [5.74, 6) is 0.748. The number of carbonyl (C=O) groups is 1. The van der Waals surface area contributed by atoms with Crippen LogP contribution in [-0.2, 0) is 24.8 Å². The van der Waals surface area contributed by atoms with Crippen molar-refractivity contribution in [1.29, 1.82) is 0 Å². The number of nitrogens with zero attached hydrogens (tertiary/aromatic N) is 4. The molecule has 1 N–H and O–H groups in total. The monoisotopic (exact) mass is 347 g/mol. The first-order valence-corrected chi connectivity index (χ1v) is 8.24. The molecule has 4 rings (SSSR count). The van der Waals surface area contributed by atoms with E-state index in [1.54, 1.807) is 6.33 Å². The van der Waals surface area contributed by atoms with Crippen LogP contribution < -0.4 is 5.32 Å². The molecular weight excluding hydrogens is 330 g/mol. The minimum absolute atomic E-state index is 0.0918. The summed E-state index contributed by atoms with van der Waals surface area (Å²) in [6.07, 6.45) is 2.08. The molecule has 130 valence electrons. The van der Waals surface area contributed by atoms with Crippen LogP contribution in [0.2, 0.25) is 0 Å². The van der Waals surface area contributed by atoms with Gasteiger partial charge >= 0.3 is 0 Å². The van der Waals surface area contributed by atoms with Crippen molar-refractivity contribution in [3.8, 4) is 11.4 Å². The first-order valence-electron chi connectivity index (χ1n) is 8.24. The minimum Gasteiger partial charge on any atom is -0.347 e. The smallest absolute Gasteiger partial charge is 0.246 e. The van der Waals surface area contributed by atoms with Gasteiger partial charge in [-0.2, -0.15) is 4.98 Å². The molecule has 0 atom stereocenters. The van der Waals surface area contributed by atoms with Crippen molar-refractivity contribution < 1.29 is 9.32 Å². The van der Waals surface area contributed by atoms with Crippen molar-refractivity contribution in [3.05, 3.63) is 66.3 Å². The van der Waals surface area contributed by atoms with Crippen molar-refractivity contribution in [3.63, 3.8) is 0 Å². The third-order valence-electron chi connectivity index (χ3n) is 4.10. The number of aromatic nitrogens is 4. The van der Waals surface area contributed by atoms with Crippen LogP contribution in [0.25, 0.3) is 22.4 Å². The van der Waals surface area contributed by atoms with Crippen LogP contribution in [0.15, 0.2) is 59.4 Å². The lowest BCUT2D eigenvalue weighted by Gasteiger charge is -2.02. The number of nitrogens with one attached hydrogen (secondary N) is 1. The molecule has 7 heteroatoms. The summed E-state index contributed by atoms with van der Waals surface area (Å²) in [6, 6.07) is 15.4. The number of hydrogen-bond acceptors (Lipinski definition) is 5. The summed E-state index contributed by atoms with van der Waals surface area (Å²) in [6.45, 7) is 0.199. The van der Waals surface area contributed by atoms with Gasteiger partial charge in [-0.1, -0.05) is 35.5 Å². The lowest BCUT2D eigenvalue weighted by molar-refractivity contribution is -0.120. The molecule has 1 amide bonds. The Kier molecular flexibility index (Phi) is 4.18. The number of benzene rings is 2. The molecule has 0 aliphatic heterocycles. The highest BCUT2D eigenvalue weighted by molar-refractivity contribution is 5.80. The van der Waals surface area contributed by atoms with Gasteiger partial charge in [0.2, 0.25) is 17.6 Å². The first kappa shape index (κ1) is 16.0. The predicted octanol–water partition coefficient (Wildman–Crippen LogP) is 2.48. The van der Waals surface area contributed by atoms with Gasteiger partial charge in [-0.05, 0) is 23.8 Å². The summed E-state index contributed by atoms with van der Waals surface area (Å²) >= 11 is 0. The van der Waals surface area contributed by atoms with E-state index < -0.39 is 0 Å². The number of aryl methyl sites for hydroxylation is 1. The highest BCUT2D eigenvalue weighted by atomic mass is 16.5. The molecule has 2 aromatic carbocycles. The lowest BCUT2D eigenvalue weighted by atomic mass is 10.1. The Morgan fingerprint density at radius 2 is 2.04 bits per heavy atom. The normalized spacial score (nSPS) is 11.0. The fraction of sp³-hybridized carbons (Fsp3) is 0.158. The van der Waals surface area contributed by atoms with Crippen LogP contribution in [0.4, 0.5) is 0 Å². The summed E-state index contributed by atoms with van der Waals surface area (Å²) < 4.78 is 7.18. The van der Waals surface area contributed by atoms with Gasteiger partial charge in [0, 0.05) is 12.6 Å². The van der Waals surface area contributed by atoms with E-state index in [0.29, 0.717) is 18.1 Å². The zero-order valence-corrected chi connectivity index (χ0v) is 14.2. The number of fused-ring (bicyclic) bond motifs is 1. The molecule has 0 fully saturated rings. The van der Waals surface area contributed by atoms with Gasteiger partial charge in [-0.3, -0.25) is 4.79 Å². The van der Waals surface area contributed by atoms with Crippen LogP contribution in [0.5, 0.6) is 0 Å². The molecule has 0 saturated heterocycles. The maximum atomic E-state index is 12.0. The van der Waals surface area contributed by atoms with Gasteiger partial charge < -0.3 is 14.4 Å². The summed E-state index contributed by atoms with van der Waals surface area (Å²) in [7, 11) is 1.94. The third-order valence-corrected chi connectivity index (χ3v) is 4.10. The second-order valence-electron chi connectivity index (χ2n) is 6.01. The molecule has 0 aliphatic rings. The largest absolute Gasteiger partial charge is 0.347 e. The van der Waals surface area contributed by atoms with Crippen LogP contribution in [0, 0.1) is 0 Å². The summed E-state index contributed by atoms with van der Waals surface area (Å²) in [4.78, 5) is 20.7. The fourth-order valence-corrected chi connectivity index (χ4v) is 2.74. The van der Waals surface area contributed by atoms with Crippen molar-refractivity contribution >= 4 is 16.9 Å². The Hall–Kier alpha value is -3.48. The standard InChI is InChI=1S/C19H17N5O2/c1-24-12-21-15-10-14(7-8-16(15)24)19-22-18(26-23-19)11-20-17(25)9-13-5-3-2-4-6-13/h2-8,10,12H,9,11H2,1H3,(H,20,25). The highest BCUT2D eigenvalue weighted by Gasteiger charge is 2.11. The number of rotatable bonds is 5. The molecule has 0 radical (unpaired) electrons. The molecule has 2 heterocycles. The quantitative estimate of drug-likeness (QED) is 0.599. The van der Waals surface area contributed by atoms with Crippen LogP contribution >= 0.6 is 0 Å². The van der Waals surface area contributed by atoms with Crippen molar-refractivity contribution in [2.75, 3.05) is 0 Å². The van der Waals surface area contributed by atoms with E-state index in [4.69, 9.17) is 4.52 Å². The third kappa shape index (κ3) is 3.32. The number of hydrogen-bond donors (Lipinski definition) is 1. The topological polar surface area (TPSA) is 85.8 Å². The Bertz CT molecular complexity index is 1050. The Morgan fingerprint density at radius 1 is 1.19 bits per heavy atom. The second-order valence-corrected chi connectivity index (χ2v) is 6.01. The molecule has 4 aromatic rings. The SMILES string of the molecule is Cn1cnc2cc(-c3noc(CNC(=O)Cc4ccccc4)n3)ccc21. The molecular formula is C19H17N5O2. The number of imidazole rings is 1. The van der Waals surface area contributed by atoms with Gasteiger partial charge in [0.1, 0.15) is 0 Å². The van der Waals surface area contributed by atoms with E-state index in [-0.39, 0.29) is 12.5 Å². The summed E-state index contributed by atoms with van der Waals surface area (Å²) in [5, 5.41) is 6.78. The Balaban J connectivity index is 1.41. The molecule has 7 nitrogen and oxygen atoms in total. The Labute approximate surface area is 149 Å². The lowest BCUT2D eigenvalue weighted by Crippen LogP contribution is -2.24. The number of amides is 1. The van der Waals surface area contributed by atoms with Crippen molar-refractivity contribution in [2.45, 2.75) is 13.0 Å². The average molecular weight is 347 g/mol. The molecule has 0 spiro atoms. The van der Waals surface area contributed by atoms with E-state index >= 15 is 0 Å².